The number of aryl methyl sites for hydroxylation is 1. The van der Waals surface area contributed by atoms with Crippen molar-refractivity contribution in [3.8, 4) is 5.88 Å². The first-order valence-corrected chi connectivity index (χ1v) is 17.1. The van der Waals surface area contributed by atoms with E-state index in [4.69, 9.17) is 18.7 Å². The number of hydrogen-bond donors (Lipinski definition) is 2. The molecule has 1 atom stereocenters. The molecule has 0 unspecified atom stereocenters. The van der Waals surface area contributed by atoms with Crippen LogP contribution in [0.4, 0.5) is 9.59 Å². The van der Waals surface area contributed by atoms with Crippen LogP contribution in [0.2, 0.25) is 0 Å². The van der Waals surface area contributed by atoms with E-state index < -0.39 is 18.3 Å². The van der Waals surface area contributed by atoms with Crippen LogP contribution in [0, 0.1) is 6.92 Å². The number of alkyl halides is 1. The smallest absolute Gasteiger partial charge is 0.407 e. The van der Waals surface area contributed by atoms with Crippen molar-refractivity contribution in [2.45, 2.75) is 136 Å². The van der Waals surface area contributed by atoms with E-state index >= 15 is 0 Å². The van der Waals surface area contributed by atoms with Crippen LogP contribution < -0.4 is 15.4 Å². The summed E-state index contributed by atoms with van der Waals surface area (Å²) in [6.07, 6.45) is 20.7. The Hall–Kier alpha value is -1.97. The highest BCUT2D eigenvalue weighted by Gasteiger charge is 2.18. The van der Waals surface area contributed by atoms with Crippen LogP contribution in [-0.4, -0.2) is 55.1 Å². The predicted molar refractivity (Wildman–Crippen MR) is 167 cm³/mol. The molecule has 0 aromatic carbocycles. The Bertz CT molecular complexity index is 764. The van der Waals surface area contributed by atoms with E-state index in [0.29, 0.717) is 18.8 Å². The van der Waals surface area contributed by atoms with Gasteiger partial charge < -0.3 is 29.4 Å². The molecule has 0 aliphatic rings. The molecule has 1 rings (SSSR count). The van der Waals surface area contributed by atoms with Crippen molar-refractivity contribution in [1.82, 2.24) is 15.8 Å². The van der Waals surface area contributed by atoms with Crippen molar-refractivity contribution in [2.75, 3.05) is 31.6 Å². The molecule has 0 saturated carbocycles. The zero-order valence-electron chi connectivity index (χ0n) is 25.7. The standard InChI is InChI=1S/C31H56BrN3O6/c1-3-4-5-6-7-8-9-10-11-12-13-14-15-16-19-22-33-30(36)38-25-28(40-29-24-27(2)41-35-29)26-39-31(37)34-23-20-17-18-21-32/h24,28H,3-23,25-26H2,1-2H3,(H,33,36)(H,34,37)/t28-/m0/s1. The van der Waals surface area contributed by atoms with Gasteiger partial charge >= 0.3 is 12.2 Å². The first-order valence-electron chi connectivity index (χ1n) is 16.0. The molecule has 0 fully saturated rings. The van der Waals surface area contributed by atoms with E-state index in [2.05, 4.69) is 38.6 Å². The lowest BCUT2D eigenvalue weighted by atomic mass is 10.0. The number of nitrogens with zero attached hydrogens (tertiary/aromatic N) is 1. The number of ether oxygens (including phenoxy) is 3. The zero-order valence-corrected chi connectivity index (χ0v) is 27.3. The van der Waals surface area contributed by atoms with Crippen molar-refractivity contribution < 1.29 is 28.3 Å². The fourth-order valence-corrected chi connectivity index (χ4v) is 4.80. The molecule has 9 nitrogen and oxygen atoms in total. The normalized spacial score (nSPS) is 11.7. The second kappa shape index (κ2) is 26.9. The molecule has 0 saturated heterocycles. The highest BCUT2D eigenvalue weighted by atomic mass is 79.9. The number of nitrogens with one attached hydrogen (secondary N) is 2. The monoisotopic (exact) mass is 645 g/mol. The van der Waals surface area contributed by atoms with Gasteiger partial charge in [0.25, 0.3) is 5.88 Å². The van der Waals surface area contributed by atoms with Gasteiger partial charge in [-0.3, -0.25) is 0 Å². The van der Waals surface area contributed by atoms with Crippen molar-refractivity contribution >= 4 is 28.1 Å². The quantitative estimate of drug-likeness (QED) is 0.0727. The van der Waals surface area contributed by atoms with Crippen molar-refractivity contribution in [3.05, 3.63) is 11.8 Å². The third kappa shape index (κ3) is 23.3. The minimum absolute atomic E-state index is 0.0882. The van der Waals surface area contributed by atoms with Gasteiger partial charge in [-0.05, 0) is 31.3 Å². The van der Waals surface area contributed by atoms with Crippen LogP contribution in [0.5, 0.6) is 5.88 Å². The number of unbranched alkanes of at least 4 members (excludes halogenated alkanes) is 16. The number of aromatic nitrogens is 1. The fraction of sp³-hybridized carbons (Fsp3) is 0.839. The summed E-state index contributed by atoms with van der Waals surface area (Å²) in [6, 6.07) is 1.62. The van der Waals surface area contributed by atoms with E-state index in [1.807, 2.05) is 0 Å². The van der Waals surface area contributed by atoms with Gasteiger partial charge in [-0.15, -0.1) is 0 Å². The summed E-state index contributed by atoms with van der Waals surface area (Å²) in [5.41, 5.74) is 0. The van der Waals surface area contributed by atoms with E-state index in [1.54, 1.807) is 13.0 Å². The number of carbonyl (C=O) groups excluding carboxylic acids is 2. The molecule has 0 bridgehead atoms. The first kappa shape index (κ1) is 37.1. The van der Waals surface area contributed by atoms with E-state index in [0.717, 1.165) is 37.4 Å². The topological polar surface area (TPSA) is 112 Å². The predicted octanol–water partition coefficient (Wildman–Crippen LogP) is 8.62. The third-order valence-corrected chi connectivity index (χ3v) is 7.38. The highest BCUT2D eigenvalue weighted by Crippen LogP contribution is 2.14. The molecule has 2 amide bonds. The number of hydrogen-bond acceptors (Lipinski definition) is 7. The molecule has 1 heterocycles. The molecule has 10 heteroatoms. The van der Waals surface area contributed by atoms with E-state index in [9.17, 15) is 9.59 Å². The van der Waals surface area contributed by atoms with Crippen molar-refractivity contribution in [3.63, 3.8) is 0 Å². The summed E-state index contributed by atoms with van der Waals surface area (Å²) in [5.74, 6) is 0.830. The molecule has 0 radical (unpaired) electrons. The van der Waals surface area contributed by atoms with Crippen LogP contribution >= 0.6 is 15.9 Å². The Morgan fingerprint density at radius 2 is 1.20 bits per heavy atom. The lowest BCUT2D eigenvalue weighted by Crippen LogP contribution is -2.36. The second-order valence-electron chi connectivity index (χ2n) is 10.8. The summed E-state index contributed by atoms with van der Waals surface area (Å²) in [4.78, 5) is 24.2. The maximum Gasteiger partial charge on any atom is 0.407 e. The number of rotatable bonds is 27. The molecular formula is C31H56BrN3O6. The molecule has 41 heavy (non-hydrogen) atoms. The van der Waals surface area contributed by atoms with Crippen LogP contribution in [-0.2, 0) is 9.47 Å². The SMILES string of the molecule is CCCCCCCCCCCCCCCCCNC(=O)OC[C@@H](COC(=O)NCCCCCBr)Oc1cc(C)on1. The molecule has 238 valence electrons. The molecule has 2 N–H and O–H groups in total. The zero-order chi connectivity index (χ0) is 29.8. The third-order valence-electron chi connectivity index (χ3n) is 6.82. The average Bonchev–Trinajstić information content (AvgIpc) is 3.38. The van der Waals surface area contributed by atoms with Crippen molar-refractivity contribution in [1.29, 1.82) is 0 Å². The number of amides is 2. The minimum atomic E-state index is -0.713. The minimum Gasteiger partial charge on any atom is -0.465 e. The van der Waals surface area contributed by atoms with Crippen LogP contribution in [0.1, 0.15) is 128 Å². The van der Waals surface area contributed by atoms with Gasteiger partial charge in [-0.1, -0.05) is 119 Å². The summed E-state index contributed by atoms with van der Waals surface area (Å²) in [7, 11) is 0. The maximum absolute atomic E-state index is 12.2. The van der Waals surface area contributed by atoms with Crippen molar-refractivity contribution in [2.24, 2.45) is 0 Å². The first-order chi connectivity index (χ1) is 20.0. The molecule has 1 aromatic heterocycles. The Morgan fingerprint density at radius 1 is 0.756 bits per heavy atom. The summed E-state index contributed by atoms with van der Waals surface area (Å²) >= 11 is 3.39. The van der Waals surface area contributed by atoms with Gasteiger partial charge in [-0.2, -0.15) is 0 Å². The largest absolute Gasteiger partial charge is 0.465 e. The lowest BCUT2D eigenvalue weighted by Gasteiger charge is -2.18. The summed E-state index contributed by atoms with van der Waals surface area (Å²) < 4.78 is 21.3. The van der Waals surface area contributed by atoms with Crippen LogP contribution in [0.3, 0.4) is 0 Å². The van der Waals surface area contributed by atoms with Gasteiger partial charge in [0.05, 0.1) is 0 Å². The van der Waals surface area contributed by atoms with Gasteiger partial charge in [0.2, 0.25) is 0 Å². The highest BCUT2D eigenvalue weighted by molar-refractivity contribution is 9.09. The number of halogens is 1. The molecule has 0 aliphatic carbocycles. The number of alkyl carbamates (subject to hydrolysis) is 2. The van der Waals surface area contributed by atoms with Gasteiger partial charge in [0.1, 0.15) is 19.0 Å². The molecular weight excluding hydrogens is 590 g/mol. The molecule has 0 aliphatic heterocycles. The lowest BCUT2D eigenvalue weighted by molar-refractivity contribution is 0.0324. The Labute approximate surface area is 256 Å². The number of carbonyl (C=O) groups is 2. The Balaban J connectivity index is 2.09. The fourth-order valence-electron chi connectivity index (χ4n) is 4.40. The Morgan fingerprint density at radius 3 is 1.61 bits per heavy atom. The van der Waals surface area contributed by atoms with Crippen LogP contribution in [0.25, 0.3) is 0 Å². The van der Waals surface area contributed by atoms with E-state index in [1.165, 1.54) is 83.5 Å². The Kier molecular flexibility index (Phi) is 24.3. The summed E-state index contributed by atoms with van der Waals surface area (Å²) in [6.45, 7) is 4.94. The van der Waals surface area contributed by atoms with Gasteiger partial charge in [0, 0.05) is 24.5 Å². The second-order valence-corrected chi connectivity index (χ2v) is 11.6. The molecule has 0 spiro atoms. The maximum atomic E-state index is 12.2. The van der Waals surface area contributed by atoms with Gasteiger partial charge in [-0.25, -0.2) is 9.59 Å². The van der Waals surface area contributed by atoms with Crippen LogP contribution in [0.15, 0.2) is 10.6 Å². The summed E-state index contributed by atoms with van der Waals surface area (Å²) in [5, 5.41) is 10.3. The molecule has 1 aromatic rings. The van der Waals surface area contributed by atoms with Gasteiger partial charge in [0.15, 0.2) is 6.10 Å². The van der Waals surface area contributed by atoms with E-state index in [-0.39, 0.29) is 19.1 Å². The average molecular weight is 647 g/mol.